The molecule has 3 rings (SSSR count). The first kappa shape index (κ1) is 12.1. The molecule has 1 fully saturated rings. The topological polar surface area (TPSA) is 59.4 Å². The third-order valence-corrected chi connectivity index (χ3v) is 3.51. The van der Waals surface area contributed by atoms with Gasteiger partial charge in [-0.1, -0.05) is 6.07 Å². The van der Waals surface area contributed by atoms with E-state index in [1.807, 2.05) is 24.3 Å². The molecule has 4 nitrogen and oxygen atoms in total. The lowest BCUT2D eigenvalue weighted by molar-refractivity contribution is 0.0605. The standard InChI is InChI=1S/C15H15NO3/c17-9-11-6-4-10-5-7-12(8-13(10)16-11)19-15-3-1-2-14(15)18/h4-9,14-15,18H,1-3H2. The van der Waals surface area contributed by atoms with E-state index in [9.17, 15) is 9.90 Å². The molecular formula is C15H15NO3. The highest BCUT2D eigenvalue weighted by Gasteiger charge is 2.26. The highest BCUT2D eigenvalue weighted by Crippen LogP contribution is 2.26. The zero-order valence-corrected chi connectivity index (χ0v) is 10.5. The molecule has 2 atom stereocenters. The molecule has 1 N–H and O–H groups in total. The first-order chi connectivity index (χ1) is 9.26. The minimum atomic E-state index is -0.384. The van der Waals surface area contributed by atoms with Crippen molar-refractivity contribution in [2.24, 2.45) is 0 Å². The Morgan fingerprint density at radius 1 is 1.26 bits per heavy atom. The summed E-state index contributed by atoms with van der Waals surface area (Å²) in [7, 11) is 0. The molecule has 0 aliphatic heterocycles. The van der Waals surface area contributed by atoms with Gasteiger partial charge in [0.15, 0.2) is 6.29 Å². The maximum Gasteiger partial charge on any atom is 0.168 e. The third kappa shape index (κ3) is 2.44. The molecular weight excluding hydrogens is 242 g/mol. The van der Waals surface area contributed by atoms with Gasteiger partial charge in [0.05, 0.1) is 11.6 Å². The van der Waals surface area contributed by atoms with Crippen LogP contribution in [-0.2, 0) is 0 Å². The molecule has 0 spiro atoms. The Morgan fingerprint density at radius 3 is 2.84 bits per heavy atom. The number of pyridine rings is 1. The van der Waals surface area contributed by atoms with Gasteiger partial charge in [0.25, 0.3) is 0 Å². The van der Waals surface area contributed by atoms with Crippen LogP contribution in [0.5, 0.6) is 5.75 Å². The number of carbonyl (C=O) groups excluding carboxylic acids is 1. The SMILES string of the molecule is O=Cc1ccc2ccc(OC3CCCC3O)cc2n1. The fourth-order valence-electron chi connectivity index (χ4n) is 2.47. The largest absolute Gasteiger partial charge is 0.488 e. The summed E-state index contributed by atoms with van der Waals surface area (Å²) >= 11 is 0. The maximum absolute atomic E-state index is 10.7. The summed E-state index contributed by atoms with van der Waals surface area (Å²) in [6.07, 6.45) is 2.88. The quantitative estimate of drug-likeness (QED) is 0.857. The molecule has 19 heavy (non-hydrogen) atoms. The molecule has 1 heterocycles. The van der Waals surface area contributed by atoms with E-state index in [0.717, 1.165) is 36.5 Å². The molecule has 2 aromatic rings. The van der Waals surface area contributed by atoms with Crippen molar-refractivity contribution in [1.29, 1.82) is 0 Å². The monoisotopic (exact) mass is 257 g/mol. The van der Waals surface area contributed by atoms with E-state index < -0.39 is 0 Å². The molecule has 4 heteroatoms. The maximum atomic E-state index is 10.7. The Bertz CT molecular complexity index is 611. The van der Waals surface area contributed by atoms with Gasteiger partial charge in [-0.05, 0) is 37.5 Å². The average Bonchev–Trinajstić information content (AvgIpc) is 2.83. The Balaban J connectivity index is 1.89. The molecule has 1 aromatic carbocycles. The second-order valence-corrected chi connectivity index (χ2v) is 4.86. The molecule has 1 aromatic heterocycles. The van der Waals surface area contributed by atoms with Crippen molar-refractivity contribution in [3.05, 3.63) is 36.0 Å². The van der Waals surface area contributed by atoms with Crippen molar-refractivity contribution in [1.82, 2.24) is 4.98 Å². The van der Waals surface area contributed by atoms with Gasteiger partial charge in [-0.2, -0.15) is 0 Å². The predicted octanol–water partition coefficient (Wildman–Crippen LogP) is 2.34. The van der Waals surface area contributed by atoms with Crippen LogP contribution in [0.15, 0.2) is 30.3 Å². The highest BCUT2D eigenvalue weighted by molar-refractivity contribution is 5.84. The Hall–Kier alpha value is -1.94. The fourth-order valence-corrected chi connectivity index (χ4v) is 2.47. The molecule has 2 unspecified atom stereocenters. The molecule has 1 aliphatic carbocycles. The number of aldehydes is 1. The lowest BCUT2D eigenvalue weighted by Gasteiger charge is -2.17. The van der Waals surface area contributed by atoms with E-state index in [4.69, 9.17) is 4.74 Å². The molecule has 0 saturated heterocycles. The molecule has 0 radical (unpaired) electrons. The van der Waals surface area contributed by atoms with Crippen LogP contribution >= 0.6 is 0 Å². The summed E-state index contributed by atoms with van der Waals surface area (Å²) in [5.74, 6) is 0.689. The van der Waals surface area contributed by atoms with Crippen molar-refractivity contribution >= 4 is 17.2 Å². The Morgan fingerprint density at radius 2 is 2.11 bits per heavy atom. The normalized spacial score (nSPS) is 22.6. The van der Waals surface area contributed by atoms with Gasteiger partial charge in [-0.15, -0.1) is 0 Å². The molecule has 0 bridgehead atoms. The minimum Gasteiger partial charge on any atom is -0.488 e. The van der Waals surface area contributed by atoms with Crippen molar-refractivity contribution in [3.8, 4) is 5.75 Å². The lowest BCUT2D eigenvalue weighted by Crippen LogP contribution is -2.25. The van der Waals surface area contributed by atoms with Crippen LogP contribution in [0.3, 0.4) is 0 Å². The first-order valence-corrected chi connectivity index (χ1v) is 6.47. The van der Waals surface area contributed by atoms with Gasteiger partial charge >= 0.3 is 0 Å². The number of hydrogen-bond donors (Lipinski definition) is 1. The van der Waals surface area contributed by atoms with Gasteiger partial charge in [-0.25, -0.2) is 4.98 Å². The van der Waals surface area contributed by atoms with Crippen LogP contribution < -0.4 is 4.74 Å². The van der Waals surface area contributed by atoms with Crippen LogP contribution in [0, 0.1) is 0 Å². The number of aliphatic hydroxyl groups excluding tert-OH is 1. The number of aromatic nitrogens is 1. The third-order valence-electron chi connectivity index (χ3n) is 3.51. The fraction of sp³-hybridized carbons (Fsp3) is 0.333. The van der Waals surface area contributed by atoms with Crippen molar-refractivity contribution in [2.45, 2.75) is 31.5 Å². The number of nitrogens with zero attached hydrogens (tertiary/aromatic N) is 1. The predicted molar refractivity (Wildman–Crippen MR) is 71.4 cm³/mol. The Kier molecular flexibility index (Phi) is 3.17. The molecule has 98 valence electrons. The molecule has 0 amide bonds. The number of rotatable bonds is 3. The minimum absolute atomic E-state index is 0.133. The van der Waals surface area contributed by atoms with Crippen LogP contribution in [-0.4, -0.2) is 28.6 Å². The summed E-state index contributed by atoms with van der Waals surface area (Å²) in [6, 6.07) is 9.15. The number of fused-ring (bicyclic) bond motifs is 1. The van der Waals surface area contributed by atoms with Gasteiger partial charge in [0.1, 0.15) is 17.5 Å². The van der Waals surface area contributed by atoms with Crippen molar-refractivity contribution in [2.75, 3.05) is 0 Å². The molecule has 1 saturated carbocycles. The zero-order chi connectivity index (χ0) is 13.2. The van der Waals surface area contributed by atoms with Crippen LogP contribution in [0.4, 0.5) is 0 Å². The smallest absolute Gasteiger partial charge is 0.168 e. The summed E-state index contributed by atoms with van der Waals surface area (Å²) in [4.78, 5) is 15.0. The highest BCUT2D eigenvalue weighted by atomic mass is 16.5. The van der Waals surface area contributed by atoms with Gasteiger partial charge in [0.2, 0.25) is 0 Å². The number of aliphatic hydroxyl groups is 1. The summed E-state index contributed by atoms with van der Waals surface area (Å²) in [5, 5.41) is 10.7. The van der Waals surface area contributed by atoms with Crippen molar-refractivity contribution in [3.63, 3.8) is 0 Å². The van der Waals surface area contributed by atoms with Gasteiger partial charge < -0.3 is 9.84 Å². The van der Waals surface area contributed by atoms with Gasteiger partial charge in [0, 0.05) is 11.5 Å². The second-order valence-electron chi connectivity index (χ2n) is 4.86. The van der Waals surface area contributed by atoms with E-state index in [2.05, 4.69) is 4.98 Å². The van der Waals surface area contributed by atoms with Crippen molar-refractivity contribution < 1.29 is 14.6 Å². The number of ether oxygens (including phenoxy) is 1. The van der Waals surface area contributed by atoms with E-state index in [0.29, 0.717) is 11.4 Å². The average molecular weight is 257 g/mol. The Labute approximate surface area is 111 Å². The van der Waals surface area contributed by atoms with E-state index in [1.54, 1.807) is 6.07 Å². The first-order valence-electron chi connectivity index (χ1n) is 6.47. The second kappa shape index (κ2) is 4.97. The summed E-state index contributed by atoms with van der Waals surface area (Å²) in [6.45, 7) is 0. The molecule has 1 aliphatic rings. The van der Waals surface area contributed by atoms with Crippen LogP contribution in [0.25, 0.3) is 10.9 Å². The van der Waals surface area contributed by atoms with E-state index >= 15 is 0 Å². The zero-order valence-electron chi connectivity index (χ0n) is 10.5. The van der Waals surface area contributed by atoms with Crippen LogP contribution in [0.2, 0.25) is 0 Å². The lowest BCUT2D eigenvalue weighted by atomic mass is 10.2. The van der Waals surface area contributed by atoms with E-state index in [-0.39, 0.29) is 12.2 Å². The number of carbonyl (C=O) groups is 1. The summed E-state index contributed by atoms with van der Waals surface area (Å²) < 4.78 is 5.79. The summed E-state index contributed by atoms with van der Waals surface area (Å²) in [5.41, 5.74) is 1.14. The van der Waals surface area contributed by atoms with Crippen LogP contribution in [0.1, 0.15) is 29.8 Å². The van der Waals surface area contributed by atoms with Gasteiger partial charge in [-0.3, -0.25) is 4.79 Å². The number of hydrogen-bond acceptors (Lipinski definition) is 4. The number of benzene rings is 1. The van der Waals surface area contributed by atoms with E-state index in [1.165, 1.54) is 0 Å².